The number of fused-ring (bicyclic) bond motifs is 1. The van der Waals surface area contributed by atoms with Crippen molar-refractivity contribution < 1.29 is 9.47 Å². The Balaban J connectivity index is 2.03. The molecule has 4 N–H and O–H groups in total. The molecule has 3 heterocycles. The van der Waals surface area contributed by atoms with Crippen LogP contribution in [0.4, 0.5) is 11.8 Å². The first kappa shape index (κ1) is 11.2. The topological polar surface area (TPSA) is 114 Å². The molecule has 0 aromatic carbocycles. The summed E-state index contributed by atoms with van der Waals surface area (Å²) in [6.45, 7) is 2.45. The molecule has 0 bridgehead atoms. The van der Waals surface area contributed by atoms with Crippen molar-refractivity contribution in [2.45, 2.75) is 25.9 Å². The van der Waals surface area contributed by atoms with Crippen LogP contribution in [0.25, 0.3) is 11.2 Å². The van der Waals surface area contributed by atoms with E-state index in [0.29, 0.717) is 17.8 Å². The smallest absolute Gasteiger partial charge is 0.224 e. The molecule has 0 saturated carbocycles. The van der Waals surface area contributed by atoms with Crippen LogP contribution in [0, 0.1) is 0 Å². The van der Waals surface area contributed by atoms with Crippen LogP contribution in [-0.2, 0) is 9.47 Å². The van der Waals surface area contributed by atoms with Gasteiger partial charge in [-0.2, -0.15) is 9.97 Å². The van der Waals surface area contributed by atoms with Gasteiger partial charge in [0.25, 0.3) is 0 Å². The molecule has 1 aliphatic rings. The van der Waals surface area contributed by atoms with Gasteiger partial charge < -0.3 is 20.9 Å². The Kier molecular flexibility index (Phi) is 2.53. The second-order valence-corrected chi connectivity index (χ2v) is 4.05. The number of hydrogen-bond donors (Lipinski definition) is 2. The first-order valence-electron chi connectivity index (χ1n) is 5.71. The molecule has 96 valence electrons. The minimum Gasteiger partial charge on any atom is -0.382 e. The van der Waals surface area contributed by atoms with E-state index in [1.807, 2.05) is 6.92 Å². The summed E-state index contributed by atoms with van der Waals surface area (Å²) >= 11 is 0. The van der Waals surface area contributed by atoms with Gasteiger partial charge in [0, 0.05) is 0 Å². The number of hydrogen-bond acceptors (Lipinski definition) is 7. The second kappa shape index (κ2) is 4.07. The molecule has 1 aliphatic heterocycles. The first-order valence-corrected chi connectivity index (χ1v) is 5.71. The summed E-state index contributed by atoms with van der Waals surface area (Å²) in [6, 6.07) is 0. The van der Waals surface area contributed by atoms with E-state index in [4.69, 9.17) is 20.9 Å². The summed E-state index contributed by atoms with van der Waals surface area (Å²) in [5.41, 5.74) is 12.4. The van der Waals surface area contributed by atoms with Crippen LogP contribution in [-0.4, -0.2) is 32.4 Å². The Morgan fingerprint density at radius 1 is 1.44 bits per heavy atom. The van der Waals surface area contributed by atoms with Crippen molar-refractivity contribution in [1.82, 2.24) is 19.5 Å². The van der Waals surface area contributed by atoms with Crippen LogP contribution in [0.5, 0.6) is 0 Å². The number of anilines is 2. The molecule has 0 aliphatic carbocycles. The fourth-order valence-electron chi connectivity index (χ4n) is 1.97. The third kappa shape index (κ3) is 1.66. The van der Waals surface area contributed by atoms with Crippen molar-refractivity contribution in [3.05, 3.63) is 6.33 Å². The quantitative estimate of drug-likeness (QED) is 0.786. The number of ether oxygens (including phenoxy) is 2. The number of imidazole rings is 1. The fourth-order valence-corrected chi connectivity index (χ4v) is 1.97. The fraction of sp³-hybridized carbons (Fsp3) is 0.500. The third-order valence-electron chi connectivity index (χ3n) is 2.84. The van der Waals surface area contributed by atoms with Crippen LogP contribution < -0.4 is 11.5 Å². The van der Waals surface area contributed by atoms with Gasteiger partial charge in [0.15, 0.2) is 24.0 Å². The maximum absolute atomic E-state index is 5.74. The number of aromatic nitrogens is 4. The van der Waals surface area contributed by atoms with Crippen LogP contribution >= 0.6 is 0 Å². The molecule has 1 saturated heterocycles. The zero-order valence-corrected chi connectivity index (χ0v) is 9.91. The predicted molar refractivity (Wildman–Crippen MR) is 64.3 cm³/mol. The van der Waals surface area contributed by atoms with Gasteiger partial charge >= 0.3 is 0 Å². The minimum absolute atomic E-state index is 0.118. The van der Waals surface area contributed by atoms with Gasteiger partial charge in [-0.1, -0.05) is 6.92 Å². The maximum Gasteiger partial charge on any atom is 0.224 e. The summed E-state index contributed by atoms with van der Waals surface area (Å²) in [4.78, 5) is 12.2. The van der Waals surface area contributed by atoms with Gasteiger partial charge in [-0.25, -0.2) is 4.98 Å². The van der Waals surface area contributed by atoms with Gasteiger partial charge in [0.1, 0.15) is 5.52 Å². The number of nitrogens with zero attached hydrogens (tertiary/aromatic N) is 4. The van der Waals surface area contributed by atoms with Crippen LogP contribution in [0.1, 0.15) is 19.6 Å². The highest BCUT2D eigenvalue weighted by Gasteiger charge is 2.27. The highest BCUT2D eigenvalue weighted by molar-refractivity contribution is 5.82. The van der Waals surface area contributed by atoms with Crippen molar-refractivity contribution in [1.29, 1.82) is 0 Å². The lowest BCUT2D eigenvalue weighted by Crippen LogP contribution is -2.12. The van der Waals surface area contributed by atoms with Crippen molar-refractivity contribution in [2.24, 2.45) is 0 Å². The van der Waals surface area contributed by atoms with Crippen molar-refractivity contribution in [2.75, 3.05) is 18.1 Å². The molecule has 2 atom stereocenters. The SMILES string of the molecule is CC[C@@H]1OCC(n2cnc3c(N)nc(N)nc32)O1. The molecule has 0 spiro atoms. The van der Waals surface area contributed by atoms with Crippen LogP contribution in [0.2, 0.25) is 0 Å². The standard InChI is InChI=1S/C10H14N6O2/c1-2-6-17-3-5(18-6)16-4-13-7-8(11)14-10(12)15-9(7)16/h4-6H,2-3H2,1H3,(H4,11,12,14,15)/t5?,6-/m1/s1. The lowest BCUT2D eigenvalue weighted by Gasteiger charge is -2.11. The van der Waals surface area contributed by atoms with E-state index in [9.17, 15) is 0 Å². The monoisotopic (exact) mass is 250 g/mol. The van der Waals surface area contributed by atoms with Gasteiger partial charge in [-0.15, -0.1) is 0 Å². The average Bonchev–Trinajstić information content (AvgIpc) is 2.93. The van der Waals surface area contributed by atoms with E-state index in [2.05, 4.69) is 15.0 Å². The molecule has 1 unspecified atom stereocenters. The molecule has 1 fully saturated rings. The van der Waals surface area contributed by atoms with Gasteiger partial charge in [-0.05, 0) is 6.42 Å². The molecule has 8 heteroatoms. The maximum atomic E-state index is 5.74. The Labute approximate surface area is 103 Å². The molecule has 8 nitrogen and oxygen atoms in total. The van der Waals surface area contributed by atoms with E-state index < -0.39 is 0 Å². The van der Waals surface area contributed by atoms with Gasteiger partial charge in [0.05, 0.1) is 12.9 Å². The van der Waals surface area contributed by atoms with Crippen molar-refractivity contribution in [3.63, 3.8) is 0 Å². The summed E-state index contributed by atoms with van der Waals surface area (Å²) in [6.07, 6.45) is 1.96. The lowest BCUT2D eigenvalue weighted by atomic mass is 10.5. The van der Waals surface area contributed by atoms with E-state index in [-0.39, 0.29) is 24.3 Å². The van der Waals surface area contributed by atoms with Crippen LogP contribution in [0.15, 0.2) is 6.33 Å². The molecule has 18 heavy (non-hydrogen) atoms. The second-order valence-electron chi connectivity index (χ2n) is 4.05. The molecule has 0 amide bonds. The molecule has 0 radical (unpaired) electrons. The summed E-state index contributed by atoms with van der Waals surface area (Å²) in [7, 11) is 0. The Morgan fingerprint density at radius 2 is 2.28 bits per heavy atom. The van der Waals surface area contributed by atoms with Gasteiger partial charge in [0.2, 0.25) is 5.95 Å². The number of rotatable bonds is 2. The molecule has 2 aromatic rings. The minimum atomic E-state index is -0.256. The zero-order valence-electron chi connectivity index (χ0n) is 9.91. The largest absolute Gasteiger partial charge is 0.382 e. The van der Waals surface area contributed by atoms with Crippen molar-refractivity contribution in [3.8, 4) is 0 Å². The molecular weight excluding hydrogens is 236 g/mol. The van der Waals surface area contributed by atoms with E-state index in [0.717, 1.165) is 6.42 Å². The number of nitrogen functional groups attached to an aromatic ring is 2. The third-order valence-corrected chi connectivity index (χ3v) is 2.84. The molecule has 3 rings (SSSR count). The number of nitrogens with two attached hydrogens (primary N) is 2. The lowest BCUT2D eigenvalue weighted by molar-refractivity contribution is -0.0715. The van der Waals surface area contributed by atoms with E-state index in [1.165, 1.54) is 0 Å². The summed E-state index contributed by atoms with van der Waals surface area (Å²) in [5.74, 6) is 0.384. The predicted octanol–water partition coefficient (Wildman–Crippen LogP) is 0.272. The normalized spacial score (nSPS) is 23.8. The first-order chi connectivity index (χ1) is 8.69. The Bertz CT molecular complexity index is 583. The highest BCUT2D eigenvalue weighted by Crippen LogP contribution is 2.27. The Hall–Kier alpha value is -1.93. The highest BCUT2D eigenvalue weighted by atomic mass is 16.7. The zero-order chi connectivity index (χ0) is 12.7. The van der Waals surface area contributed by atoms with Crippen LogP contribution in [0.3, 0.4) is 0 Å². The van der Waals surface area contributed by atoms with Crippen molar-refractivity contribution >= 4 is 22.9 Å². The summed E-state index contributed by atoms with van der Waals surface area (Å²) in [5, 5.41) is 0. The van der Waals surface area contributed by atoms with E-state index >= 15 is 0 Å². The summed E-state index contributed by atoms with van der Waals surface area (Å²) < 4.78 is 12.9. The average molecular weight is 250 g/mol. The molecule has 2 aromatic heterocycles. The van der Waals surface area contributed by atoms with Gasteiger partial charge in [-0.3, -0.25) is 4.57 Å². The Morgan fingerprint density at radius 3 is 3.00 bits per heavy atom. The van der Waals surface area contributed by atoms with E-state index in [1.54, 1.807) is 10.9 Å². The molecular formula is C10H14N6O2.